The van der Waals surface area contributed by atoms with Crippen LogP contribution in [0.3, 0.4) is 0 Å². The number of aliphatic hydroxyl groups is 1. The van der Waals surface area contributed by atoms with E-state index in [1.165, 1.54) is 16.5 Å². The number of aliphatic hydroxyl groups excluding tert-OH is 1. The molecule has 1 fully saturated rings. The van der Waals surface area contributed by atoms with Crippen molar-refractivity contribution in [2.75, 3.05) is 0 Å². The van der Waals surface area contributed by atoms with Gasteiger partial charge in [0, 0.05) is 35.8 Å². The van der Waals surface area contributed by atoms with Crippen molar-refractivity contribution in [1.82, 2.24) is 20.0 Å². The van der Waals surface area contributed by atoms with Crippen LogP contribution in [0.15, 0.2) is 36.7 Å². The summed E-state index contributed by atoms with van der Waals surface area (Å²) in [5.41, 5.74) is 3.41. The van der Waals surface area contributed by atoms with Crippen LogP contribution in [0.5, 0.6) is 0 Å². The molecular formula is C17H20N4O. The van der Waals surface area contributed by atoms with Crippen LogP contribution in [0, 0.1) is 0 Å². The molecule has 2 atom stereocenters. The molecule has 2 aromatic heterocycles. The number of fused-ring (bicyclic) bond motifs is 1. The van der Waals surface area contributed by atoms with E-state index >= 15 is 0 Å². The summed E-state index contributed by atoms with van der Waals surface area (Å²) in [5, 5.41) is 19.7. The van der Waals surface area contributed by atoms with Crippen molar-refractivity contribution >= 4 is 10.9 Å². The number of aryl methyl sites for hydroxylation is 2. The van der Waals surface area contributed by atoms with Gasteiger partial charge < -0.3 is 10.1 Å². The SMILES string of the molecule is O[C@@H]1CCC[C@H]1c1cn(CCc2c[nH]c3ccccc23)nn1. The minimum absolute atomic E-state index is 0.168. The van der Waals surface area contributed by atoms with E-state index in [1.807, 2.05) is 16.9 Å². The molecule has 1 aliphatic rings. The highest BCUT2D eigenvalue weighted by Crippen LogP contribution is 2.33. The maximum absolute atomic E-state index is 9.97. The largest absolute Gasteiger partial charge is 0.392 e. The Bertz CT molecular complexity index is 776. The van der Waals surface area contributed by atoms with Gasteiger partial charge in [-0.15, -0.1) is 5.10 Å². The first-order valence-corrected chi connectivity index (χ1v) is 7.94. The van der Waals surface area contributed by atoms with Crippen LogP contribution in [0.2, 0.25) is 0 Å². The summed E-state index contributed by atoms with van der Waals surface area (Å²) in [7, 11) is 0. The third-order valence-electron chi connectivity index (χ3n) is 4.70. The Morgan fingerprint density at radius 3 is 3.05 bits per heavy atom. The maximum atomic E-state index is 9.97. The molecule has 1 aromatic carbocycles. The first-order chi connectivity index (χ1) is 10.8. The number of hydrogen-bond acceptors (Lipinski definition) is 3. The molecule has 5 nitrogen and oxygen atoms in total. The molecule has 0 saturated heterocycles. The predicted molar refractivity (Wildman–Crippen MR) is 84.6 cm³/mol. The number of hydrogen-bond donors (Lipinski definition) is 2. The smallest absolute Gasteiger partial charge is 0.0883 e. The van der Waals surface area contributed by atoms with Crippen LogP contribution < -0.4 is 0 Å². The van der Waals surface area contributed by atoms with Crippen LogP contribution in [0.25, 0.3) is 10.9 Å². The van der Waals surface area contributed by atoms with Gasteiger partial charge in [-0.2, -0.15) is 0 Å². The van der Waals surface area contributed by atoms with Crippen molar-refractivity contribution < 1.29 is 5.11 Å². The van der Waals surface area contributed by atoms with Crippen LogP contribution >= 0.6 is 0 Å². The van der Waals surface area contributed by atoms with Gasteiger partial charge in [-0.1, -0.05) is 29.8 Å². The predicted octanol–water partition coefficient (Wildman–Crippen LogP) is 2.63. The fourth-order valence-corrected chi connectivity index (χ4v) is 3.45. The molecule has 5 heteroatoms. The van der Waals surface area contributed by atoms with Gasteiger partial charge in [0.25, 0.3) is 0 Å². The number of benzene rings is 1. The fourth-order valence-electron chi connectivity index (χ4n) is 3.45. The van der Waals surface area contributed by atoms with Crippen molar-refractivity contribution in [2.24, 2.45) is 0 Å². The lowest BCUT2D eigenvalue weighted by Crippen LogP contribution is -2.11. The van der Waals surface area contributed by atoms with E-state index in [4.69, 9.17) is 0 Å². The van der Waals surface area contributed by atoms with Gasteiger partial charge >= 0.3 is 0 Å². The molecule has 0 amide bonds. The zero-order valence-corrected chi connectivity index (χ0v) is 12.4. The lowest BCUT2D eigenvalue weighted by atomic mass is 10.0. The second-order valence-electron chi connectivity index (χ2n) is 6.12. The Morgan fingerprint density at radius 1 is 1.27 bits per heavy atom. The van der Waals surface area contributed by atoms with E-state index in [0.717, 1.165) is 37.9 Å². The lowest BCUT2D eigenvalue weighted by Gasteiger charge is -2.09. The average molecular weight is 296 g/mol. The van der Waals surface area contributed by atoms with Gasteiger partial charge in [0.2, 0.25) is 0 Å². The third-order valence-corrected chi connectivity index (χ3v) is 4.70. The second-order valence-corrected chi connectivity index (χ2v) is 6.12. The highest BCUT2D eigenvalue weighted by atomic mass is 16.3. The Kier molecular flexibility index (Phi) is 3.42. The molecule has 0 radical (unpaired) electrons. The van der Waals surface area contributed by atoms with Crippen LogP contribution in [-0.2, 0) is 13.0 Å². The maximum Gasteiger partial charge on any atom is 0.0883 e. The third kappa shape index (κ3) is 2.41. The summed E-state index contributed by atoms with van der Waals surface area (Å²) >= 11 is 0. The van der Waals surface area contributed by atoms with E-state index in [-0.39, 0.29) is 12.0 Å². The van der Waals surface area contributed by atoms with Gasteiger partial charge in [-0.3, -0.25) is 4.68 Å². The summed E-state index contributed by atoms with van der Waals surface area (Å²) in [5.74, 6) is 0.168. The molecule has 3 aromatic rings. The number of rotatable bonds is 4. The van der Waals surface area contributed by atoms with Crippen molar-refractivity contribution in [3.05, 3.63) is 47.9 Å². The van der Waals surface area contributed by atoms with Gasteiger partial charge in [-0.25, -0.2) is 0 Å². The zero-order valence-electron chi connectivity index (χ0n) is 12.4. The minimum atomic E-state index is -0.251. The zero-order chi connectivity index (χ0) is 14.9. The fraction of sp³-hybridized carbons (Fsp3) is 0.412. The molecule has 1 saturated carbocycles. The summed E-state index contributed by atoms with van der Waals surface area (Å²) in [6.45, 7) is 0.803. The molecule has 2 heterocycles. The van der Waals surface area contributed by atoms with Crippen molar-refractivity contribution in [2.45, 2.75) is 44.2 Å². The van der Waals surface area contributed by atoms with Crippen molar-refractivity contribution in [3.63, 3.8) is 0 Å². The monoisotopic (exact) mass is 296 g/mol. The number of aromatic amines is 1. The topological polar surface area (TPSA) is 66.7 Å². The normalized spacial score (nSPS) is 21.7. The summed E-state index contributed by atoms with van der Waals surface area (Å²) < 4.78 is 1.89. The van der Waals surface area contributed by atoms with E-state index < -0.39 is 0 Å². The molecule has 0 unspecified atom stereocenters. The Hall–Kier alpha value is -2.14. The number of para-hydroxylation sites is 1. The quantitative estimate of drug-likeness (QED) is 0.777. The lowest BCUT2D eigenvalue weighted by molar-refractivity contribution is 0.162. The van der Waals surface area contributed by atoms with Crippen LogP contribution in [0.1, 0.15) is 36.4 Å². The molecule has 114 valence electrons. The highest BCUT2D eigenvalue weighted by Gasteiger charge is 2.28. The first-order valence-electron chi connectivity index (χ1n) is 7.94. The standard InChI is InChI=1S/C17H20N4O/c22-17-7-3-5-14(17)16-11-21(20-19-16)9-8-12-10-18-15-6-2-1-4-13(12)15/h1-2,4,6,10-11,14,17-18,22H,3,5,7-9H2/t14-,17+/m0/s1. The van der Waals surface area contributed by atoms with E-state index in [9.17, 15) is 5.11 Å². The van der Waals surface area contributed by atoms with Crippen molar-refractivity contribution in [3.8, 4) is 0 Å². The molecular weight excluding hydrogens is 276 g/mol. The van der Waals surface area contributed by atoms with E-state index in [0.29, 0.717) is 0 Å². The Morgan fingerprint density at radius 2 is 2.18 bits per heavy atom. The number of H-pyrrole nitrogens is 1. The number of nitrogens with zero attached hydrogens (tertiary/aromatic N) is 3. The van der Waals surface area contributed by atoms with Gasteiger partial charge in [0.1, 0.15) is 0 Å². The molecule has 1 aliphatic carbocycles. The second kappa shape index (κ2) is 5.57. The molecule has 4 rings (SSSR count). The summed E-state index contributed by atoms with van der Waals surface area (Å²) in [6.07, 6.45) is 7.71. The number of aromatic nitrogens is 4. The molecule has 0 spiro atoms. The minimum Gasteiger partial charge on any atom is -0.392 e. The Labute approximate surface area is 129 Å². The van der Waals surface area contributed by atoms with Crippen LogP contribution in [-0.4, -0.2) is 31.2 Å². The molecule has 2 N–H and O–H groups in total. The first kappa shape index (κ1) is 13.5. The molecule has 22 heavy (non-hydrogen) atoms. The number of nitrogens with one attached hydrogen (secondary N) is 1. The van der Waals surface area contributed by atoms with Gasteiger partial charge in [-0.05, 0) is 30.9 Å². The summed E-state index contributed by atoms with van der Waals surface area (Å²) in [6, 6.07) is 8.34. The van der Waals surface area contributed by atoms with E-state index in [1.54, 1.807) is 0 Å². The van der Waals surface area contributed by atoms with E-state index in [2.05, 4.69) is 39.7 Å². The Balaban J connectivity index is 1.47. The van der Waals surface area contributed by atoms with Crippen molar-refractivity contribution in [1.29, 1.82) is 0 Å². The van der Waals surface area contributed by atoms with Gasteiger partial charge in [0.15, 0.2) is 0 Å². The molecule has 0 aliphatic heterocycles. The molecule has 0 bridgehead atoms. The summed E-state index contributed by atoms with van der Waals surface area (Å²) in [4.78, 5) is 3.30. The van der Waals surface area contributed by atoms with Crippen LogP contribution in [0.4, 0.5) is 0 Å². The van der Waals surface area contributed by atoms with Gasteiger partial charge in [0.05, 0.1) is 11.8 Å². The highest BCUT2D eigenvalue weighted by molar-refractivity contribution is 5.82. The average Bonchev–Trinajstić information content (AvgIpc) is 3.24.